The minimum atomic E-state index is -0.915. The molecule has 0 amide bonds. The smallest absolute Gasteiger partial charge is 0.339 e. The summed E-state index contributed by atoms with van der Waals surface area (Å²) in [5, 5.41) is 9.77. The zero-order valence-corrected chi connectivity index (χ0v) is 9.47. The van der Waals surface area contributed by atoms with Crippen LogP contribution in [0.4, 0.5) is 0 Å². The van der Waals surface area contributed by atoms with E-state index >= 15 is 0 Å². The van der Waals surface area contributed by atoms with E-state index in [0.29, 0.717) is 22.3 Å². The van der Waals surface area contributed by atoms with Crippen molar-refractivity contribution in [2.75, 3.05) is 6.26 Å². The van der Waals surface area contributed by atoms with Crippen LogP contribution < -0.4 is 0 Å². The number of thioether (sulfide) groups is 1. The lowest BCUT2D eigenvalue weighted by molar-refractivity contribution is 0.0693. The first-order valence-electron chi connectivity index (χ1n) is 4.79. The molecule has 1 fully saturated rings. The molecule has 0 bridgehead atoms. The average molecular weight is 224 g/mol. The fourth-order valence-corrected chi connectivity index (χ4v) is 1.99. The average Bonchev–Trinajstić information content (AvgIpc) is 2.98. The van der Waals surface area contributed by atoms with Gasteiger partial charge >= 0.3 is 5.97 Å². The van der Waals surface area contributed by atoms with Crippen LogP contribution in [0.2, 0.25) is 0 Å². The number of aromatic carboxylic acids is 1. The van der Waals surface area contributed by atoms with Gasteiger partial charge in [-0.15, -0.1) is 0 Å². The van der Waals surface area contributed by atoms with E-state index in [4.69, 9.17) is 5.11 Å². The maximum Gasteiger partial charge on any atom is 0.339 e. The molecule has 2 rings (SSSR count). The van der Waals surface area contributed by atoms with Crippen molar-refractivity contribution in [1.29, 1.82) is 0 Å². The second-order valence-corrected chi connectivity index (χ2v) is 4.41. The molecule has 1 aromatic heterocycles. The summed E-state index contributed by atoms with van der Waals surface area (Å²) in [6.07, 6.45) is 3.99. The SMILES string of the molecule is CSc1nc(C)c(C(=O)O)c(C2CC2)n1. The topological polar surface area (TPSA) is 63.1 Å². The Bertz CT molecular complexity index is 416. The highest BCUT2D eigenvalue weighted by molar-refractivity contribution is 7.98. The highest BCUT2D eigenvalue weighted by atomic mass is 32.2. The minimum Gasteiger partial charge on any atom is -0.478 e. The molecular weight excluding hydrogens is 212 g/mol. The molecule has 5 heteroatoms. The Morgan fingerprint density at radius 1 is 1.47 bits per heavy atom. The first-order chi connectivity index (χ1) is 7.13. The van der Waals surface area contributed by atoms with Gasteiger partial charge in [-0.1, -0.05) is 11.8 Å². The first-order valence-corrected chi connectivity index (χ1v) is 6.01. The number of nitrogens with zero attached hydrogens (tertiary/aromatic N) is 2. The van der Waals surface area contributed by atoms with Crippen LogP contribution in [-0.2, 0) is 0 Å². The largest absolute Gasteiger partial charge is 0.478 e. The number of rotatable bonds is 3. The Hall–Kier alpha value is -1.10. The zero-order chi connectivity index (χ0) is 11.0. The molecule has 0 unspecified atom stereocenters. The quantitative estimate of drug-likeness (QED) is 0.629. The lowest BCUT2D eigenvalue weighted by atomic mass is 10.1. The van der Waals surface area contributed by atoms with Gasteiger partial charge in [-0.3, -0.25) is 0 Å². The molecular formula is C10H12N2O2S. The standard InChI is InChI=1S/C10H12N2O2S/c1-5-7(9(13)14)8(6-3-4-6)12-10(11-5)15-2/h6H,3-4H2,1-2H3,(H,13,14). The van der Waals surface area contributed by atoms with Crippen molar-refractivity contribution in [2.45, 2.75) is 30.8 Å². The van der Waals surface area contributed by atoms with Crippen molar-refractivity contribution in [1.82, 2.24) is 9.97 Å². The summed E-state index contributed by atoms with van der Waals surface area (Å²) < 4.78 is 0. The van der Waals surface area contributed by atoms with Gasteiger partial charge in [0.15, 0.2) is 5.16 Å². The molecule has 1 saturated carbocycles. The molecule has 0 saturated heterocycles. The summed E-state index contributed by atoms with van der Waals surface area (Å²) >= 11 is 1.45. The molecule has 0 spiro atoms. The second-order valence-electron chi connectivity index (χ2n) is 3.64. The van der Waals surface area contributed by atoms with Gasteiger partial charge in [0.25, 0.3) is 0 Å². The molecule has 1 heterocycles. The zero-order valence-electron chi connectivity index (χ0n) is 8.65. The van der Waals surface area contributed by atoms with Crippen LogP contribution in [0.3, 0.4) is 0 Å². The van der Waals surface area contributed by atoms with E-state index in [1.165, 1.54) is 11.8 Å². The molecule has 4 nitrogen and oxygen atoms in total. The molecule has 80 valence electrons. The third-order valence-electron chi connectivity index (χ3n) is 2.46. The predicted molar refractivity (Wildman–Crippen MR) is 57.5 cm³/mol. The van der Waals surface area contributed by atoms with Gasteiger partial charge in [0, 0.05) is 5.92 Å². The van der Waals surface area contributed by atoms with Crippen molar-refractivity contribution >= 4 is 17.7 Å². The van der Waals surface area contributed by atoms with Crippen LogP contribution in [0.5, 0.6) is 0 Å². The third-order valence-corrected chi connectivity index (χ3v) is 3.01. The van der Waals surface area contributed by atoms with Crippen LogP contribution >= 0.6 is 11.8 Å². The van der Waals surface area contributed by atoms with E-state index in [-0.39, 0.29) is 0 Å². The molecule has 1 N–H and O–H groups in total. The first kappa shape index (κ1) is 10.4. The molecule has 1 aromatic rings. The van der Waals surface area contributed by atoms with Crippen LogP contribution in [0.1, 0.15) is 40.5 Å². The van der Waals surface area contributed by atoms with Crippen LogP contribution in [0.25, 0.3) is 0 Å². The van der Waals surface area contributed by atoms with Crippen molar-refractivity contribution in [2.24, 2.45) is 0 Å². The van der Waals surface area contributed by atoms with Crippen molar-refractivity contribution < 1.29 is 9.90 Å². The Kier molecular flexibility index (Phi) is 2.65. The number of carboxylic acids is 1. The number of aryl methyl sites for hydroxylation is 1. The summed E-state index contributed by atoms with van der Waals surface area (Å²) in [5.74, 6) is -0.578. The van der Waals surface area contributed by atoms with E-state index < -0.39 is 5.97 Å². The van der Waals surface area contributed by atoms with Crippen LogP contribution in [-0.4, -0.2) is 27.3 Å². The molecule has 1 aliphatic rings. The summed E-state index contributed by atoms with van der Waals surface area (Å²) in [4.78, 5) is 19.5. The number of aromatic nitrogens is 2. The Morgan fingerprint density at radius 2 is 2.13 bits per heavy atom. The molecule has 1 aliphatic carbocycles. The summed E-state index contributed by atoms with van der Waals surface area (Å²) in [6, 6.07) is 0. The fourth-order valence-electron chi connectivity index (χ4n) is 1.58. The van der Waals surface area contributed by atoms with E-state index in [0.717, 1.165) is 18.5 Å². The molecule has 0 aromatic carbocycles. The lowest BCUT2D eigenvalue weighted by Gasteiger charge is -2.08. The van der Waals surface area contributed by atoms with Gasteiger partial charge in [0.1, 0.15) is 5.56 Å². The highest BCUT2D eigenvalue weighted by Gasteiger charge is 2.31. The Labute approximate surface area is 92.1 Å². The van der Waals surface area contributed by atoms with Crippen molar-refractivity contribution in [3.8, 4) is 0 Å². The molecule has 0 aliphatic heterocycles. The maximum absolute atomic E-state index is 11.1. The fraction of sp³-hybridized carbons (Fsp3) is 0.500. The number of carboxylic acid groups (broad SMARTS) is 1. The monoisotopic (exact) mass is 224 g/mol. The normalized spacial score (nSPS) is 15.3. The van der Waals surface area contributed by atoms with Gasteiger partial charge in [0.05, 0.1) is 11.4 Å². The second kappa shape index (κ2) is 3.81. The van der Waals surface area contributed by atoms with E-state index in [1.807, 2.05) is 6.26 Å². The number of carbonyl (C=O) groups is 1. The Morgan fingerprint density at radius 3 is 2.60 bits per heavy atom. The summed E-state index contributed by atoms with van der Waals surface area (Å²) in [5.41, 5.74) is 1.60. The maximum atomic E-state index is 11.1. The van der Waals surface area contributed by atoms with Gasteiger partial charge in [-0.25, -0.2) is 14.8 Å². The number of hydrogen-bond donors (Lipinski definition) is 1. The molecule has 0 radical (unpaired) electrons. The van der Waals surface area contributed by atoms with Gasteiger partial charge < -0.3 is 5.11 Å². The van der Waals surface area contributed by atoms with Crippen molar-refractivity contribution in [3.63, 3.8) is 0 Å². The van der Waals surface area contributed by atoms with Gasteiger partial charge in [0.2, 0.25) is 0 Å². The van der Waals surface area contributed by atoms with Gasteiger partial charge in [-0.05, 0) is 26.0 Å². The Balaban J connectivity index is 2.55. The van der Waals surface area contributed by atoms with E-state index in [9.17, 15) is 4.79 Å². The van der Waals surface area contributed by atoms with Crippen molar-refractivity contribution in [3.05, 3.63) is 17.0 Å². The molecule has 0 atom stereocenters. The summed E-state index contributed by atoms with van der Waals surface area (Å²) in [7, 11) is 0. The molecule has 15 heavy (non-hydrogen) atoms. The van der Waals surface area contributed by atoms with Crippen LogP contribution in [0, 0.1) is 6.92 Å². The van der Waals surface area contributed by atoms with Gasteiger partial charge in [-0.2, -0.15) is 0 Å². The highest BCUT2D eigenvalue weighted by Crippen LogP contribution is 2.41. The summed E-state index contributed by atoms with van der Waals surface area (Å²) in [6.45, 7) is 1.73. The van der Waals surface area contributed by atoms with E-state index in [2.05, 4.69) is 9.97 Å². The third kappa shape index (κ3) is 1.97. The van der Waals surface area contributed by atoms with Crippen LogP contribution in [0.15, 0.2) is 5.16 Å². The van der Waals surface area contributed by atoms with E-state index in [1.54, 1.807) is 6.92 Å². The number of hydrogen-bond acceptors (Lipinski definition) is 4. The minimum absolute atomic E-state index is 0.301. The lowest BCUT2D eigenvalue weighted by Crippen LogP contribution is -2.10. The predicted octanol–water partition coefficient (Wildman–Crippen LogP) is 2.08.